The molecule has 1 heterocycles. The van der Waals surface area contributed by atoms with E-state index in [1.54, 1.807) is 42.5 Å². The predicted molar refractivity (Wildman–Crippen MR) is 115 cm³/mol. The Hall–Kier alpha value is -2.71. The van der Waals surface area contributed by atoms with Crippen LogP contribution in [-0.4, -0.2) is 19.3 Å². The lowest BCUT2D eigenvalue weighted by molar-refractivity contribution is 0.102. The van der Waals surface area contributed by atoms with Crippen LogP contribution in [0.3, 0.4) is 0 Å². The van der Waals surface area contributed by atoms with Crippen molar-refractivity contribution in [2.45, 2.75) is 37.5 Å². The highest BCUT2D eigenvalue weighted by atomic mass is 32.2. The zero-order valence-electron chi connectivity index (χ0n) is 15.9. The second kappa shape index (κ2) is 7.96. The quantitative estimate of drug-likeness (QED) is 0.632. The zero-order valence-corrected chi connectivity index (χ0v) is 17.6. The largest absolute Gasteiger partial charge is 0.298 e. The van der Waals surface area contributed by atoms with E-state index in [0.29, 0.717) is 16.4 Å². The minimum atomic E-state index is -3.73. The van der Waals surface area contributed by atoms with E-state index < -0.39 is 10.0 Å². The molecule has 0 saturated carbocycles. The lowest BCUT2D eigenvalue weighted by Gasteiger charge is -2.10. The van der Waals surface area contributed by atoms with Crippen LogP contribution in [0, 0.1) is 6.92 Å². The van der Waals surface area contributed by atoms with Crippen LogP contribution in [0.5, 0.6) is 0 Å². The molecule has 29 heavy (non-hydrogen) atoms. The average Bonchev–Trinajstić information content (AvgIpc) is 3.10. The van der Waals surface area contributed by atoms with Gasteiger partial charge >= 0.3 is 0 Å². The van der Waals surface area contributed by atoms with Crippen molar-refractivity contribution in [3.63, 3.8) is 0 Å². The molecule has 0 spiro atoms. The van der Waals surface area contributed by atoms with Gasteiger partial charge in [-0.15, -0.1) is 11.3 Å². The molecule has 0 aliphatic heterocycles. The Labute approximate surface area is 174 Å². The smallest absolute Gasteiger partial charge is 0.261 e. The minimum absolute atomic E-state index is 0.173. The maximum Gasteiger partial charge on any atom is 0.261 e. The van der Waals surface area contributed by atoms with Crippen LogP contribution in [-0.2, 0) is 22.9 Å². The maximum absolute atomic E-state index is 12.6. The number of benzene rings is 2. The highest BCUT2D eigenvalue weighted by Gasteiger charge is 2.18. The summed E-state index contributed by atoms with van der Waals surface area (Å²) in [6.45, 7) is 1.89. The van der Waals surface area contributed by atoms with Gasteiger partial charge in [-0.3, -0.25) is 14.8 Å². The fraction of sp³-hybridized carbons (Fsp3) is 0.238. The second-order valence-electron chi connectivity index (χ2n) is 7.05. The number of sulfonamides is 1. The molecule has 0 fully saturated rings. The molecule has 2 aromatic carbocycles. The normalized spacial score (nSPS) is 13.6. The topological polar surface area (TPSA) is 88.2 Å². The fourth-order valence-electron chi connectivity index (χ4n) is 3.23. The van der Waals surface area contributed by atoms with E-state index in [2.05, 4.69) is 15.0 Å². The van der Waals surface area contributed by atoms with Crippen molar-refractivity contribution in [2.24, 2.45) is 0 Å². The molecule has 6 nitrogen and oxygen atoms in total. The first-order valence-corrected chi connectivity index (χ1v) is 11.7. The number of fused-ring (bicyclic) bond motifs is 1. The summed E-state index contributed by atoms with van der Waals surface area (Å²) in [4.78, 5) is 18.6. The Balaban J connectivity index is 1.50. The molecule has 0 bridgehead atoms. The first-order chi connectivity index (χ1) is 13.9. The number of nitrogens with zero attached hydrogens (tertiary/aromatic N) is 1. The van der Waals surface area contributed by atoms with Gasteiger partial charge < -0.3 is 0 Å². The summed E-state index contributed by atoms with van der Waals surface area (Å²) >= 11 is 1.52. The summed E-state index contributed by atoms with van der Waals surface area (Å²) in [6, 6.07) is 13.0. The molecule has 1 aliphatic carbocycles. The van der Waals surface area contributed by atoms with Crippen LogP contribution in [0.2, 0.25) is 0 Å². The molecular formula is C21H21N3O3S2. The standard InChI is InChI=1S/C21H21N3O3S2/c1-14-9-11-17(12-10-14)29(26,27)24-16-6-4-5-15(13-16)20(25)23-21-22-18-7-2-3-8-19(18)28-21/h4-6,9-13,24H,2-3,7-8H2,1H3,(H,22,23,25). The summed E-state index contributed by atoms with van der Waals surface area (Å²) < 4.78 is 27.7. The van der Waals surface area contributed by atoms with E-state index in [4.69, 9.17) is 0 Å². The van der Waals surface area contributed by atoms with Crippen molar-refractivity contribution in [1.29, 1.82) is 0 Å². The van der Waals surface area contributed by atoms with Crippen LogP contribution in [0.1, 0.15) is 39.3 Å². The van der Waals surface area contributed by atoms with E-state index in [0.717, 1.165) is 36.9 Å². The van der Waals surface area contributed by atoms with Crippen molar-refractivity contribution in [3.8, 4) is 0 Å². The van der Waals surface area contributed by atoms with Crippen LogP contribution in [0.15, 0.2) is 53.4 Å². The molecule has 8 heteroatoms. The number of anilines is 2. The van der Waals surface area contributed by atoms with Gasteiger partial charge in [0.05, 0.1) is 10.6 Å². The predicted octanol–water partition coefficient (Wildman–Crippen LogP) is 4.38. The molecule has 1 aliphatic rings. The zero-order chi connectivity index (χ0) is 20.4. The van der Waals surface area contributed by atoms with Gasteiger partial charge in [0, 0.05) is 16.1 Å². The van der Waals surface area contributed by atoms with E-state index in [9.17, 15) is 13.2 Å². The minimum Gasteiger partial charge on any atom is -0.298 e. The Kier molecular flexibility index (Phi) is 5.38. The van der Waals surface area contributed by atoms with Crippen LogP contribution < -0.4 is 10.0 Å². The third-order valence-corrected chi connectivity index (χ3v) is 7.24. The number of nitrogens with one attached hydrogen (secondary N) is 2. The van der Waals surface area contributed by atoms with Crippen LogP contribution >= 0.6 is 11.3 Å². The van der Waals surface area contributed by atoms with Gasteiger partial charge in [-0.05, 0) is 62.9 Å². The molecule has 150 valence electrons. The van der Waals surface area contributed by atoms with Crippen molar-refractivity contribution >= 4 is 38.1 Å². The van der Waals surface area contributed by atoms with E-state index in [-0.39, 0.29) is 10.8 Å². The Morgan fingerprint density at radius 1 is 1.07 bits per heavy atom. The number of rotatable bonds is 5. The van der Waals surface area contributed by atoms with Gasteiger partial charge in [0.15, 0.2) is 5.13 Å². The number of aryl methyl sites for hydroxylation is 3. The highest BCUT2D eigenvalue weighted by Crippen LogP contribution is 2.30. The number of amides is 1. The summed E-state index contributed by atoms with van der Waals surface area (Å²) in [5.41, 5.74) is 2.75. The monoisotopic (exact) mass is 427 g/mol. The van der Waals surface area contributed by atoms with Crippen molar-refractivity contribution in [3.05, 3.63) is 70.2 Å². The molecule has 4 rings (SSSR count). The van der Waals surface area contributed by atoms with E-state index in [1.807, 2.05) is 6.92 Å². The van der Waals surface area contributed by atoms with E-state index >= 15 is 0 Å². The van der Waals surface area contributed by atoms with Gasteiger partial charge in [-0.1, -0.05) is 23.8 Å². The summed E-state index contributed by atoms with van der Waals surface area (Å²) in [5.74, 6) is -0.313. The number of aromatic nitrogens is 1. The molecule has 0 saturated heterocycles. The first kappa shape index (κ1) is 19.6. The third kappa shape index (κ3) is 4.49. The summed E-state index contributed by atoms with van der Waals surface area (Å²) in [7, 11) is -3.73. The van der Waals surface area contributed by atoms with Crippen LogP contribution in [0.25, 0.3) is 0 Å². The Morgan fingerprint density at radius 3 is 2.59 bits per heavy atom. The molecule has 0 unspecified atom stereocenters. The summed E-state index contributed by atoms with van der Waals surface area (Å²) in [6.07, 6.45) is 4.26. The Morgan fingerprint density at radius 2 is 1.83 bits per heavy atom. The van der Waals surface area contributed by atoms with Gasteiger partial charge in [-0.2, -0.15) is 0 Å². The van der Waals surface area contributed by atoms with Crippen LogP contribution in [0.4, 0.5) is 10.8 Å². The molecule has 0 radical (unpaired) electrons. The number of hydrogen-bond donors (Lipinski definition) is 2. The van der Waals surface area contributed by atoms with Gasteiger partial charge in [-0.25, -0.2) is 13.4 Å². The average molecular weight is 428 g/mol. The summed E-state index contributed by atoms with van der Waals surface area (Å²) in [5, 5.41) is 3.42. The SMILES string of the molecule is Cc1ccc(S(=O)(=O)Nc2cccc(C(=O)Nc3nc4c(s3)CCCC4)c2)cc1. The van der Waals surface area contributed by atoms with Gasteiger partial charge in [0.1, 0.15) is 0 Å². The molecular weight excluding hydrogens is 406 g/mol. The molecule has 2 N–H and O–H groups in total. The van der Waals surface area contributed by atoms with E-state index in [1.165, 1.54) is 22.3 Å². The second-order valence-corrected chi connectivity index (χ2v) is 9.82. The maximum atomic E-state index is 12.6. The van der Waals surface area contributed by atoms with Crippen molar-refractivity contribution in [1.82, 2.24) is 4.98 Å². The number of carbonyl (C=O) groups excluding carboxylic acids is 1. The first-order valence-electron chi connectivity index (χ1n) is 9.40. The molecule has 1 amide bonds. The van der Waals surface area contributed by atoms with Gasteiger partial charge in [0.25, 0.3) is 15.9 Å². The number of thiazole rings is 1. The lowest BCUT2D eigenvalue weighted by Crippen LogP contribution is -2.15. The number of carbonyl (C=O) groups is 1. The molecule has 0 atom stereocenters. The molecule has 3 aromatic rings. The Bertz CT molecular complexity index is 1130. The third-order valence-electron chi connectivity index (χ3n) is 4.77. The fourth-order valence-corrected chi connectivity index (χ4v) is 5.32. The van der Waals surface area contributed by atoms with Crippen molar-refractivity contribution < 1.29 is 13.2 Å². The molecule has 1 aromatic heterocycles. The highest BCUT2D eigenvalue weighted by molar-refractivity contribution is 7.92. The van der Waals surface area contributed by atoms with Crippen molar-refractivity contribution in [2.75, 3.05) is 10.0 Å². The van der Waals surface area contributed by atoms with Gasteiger partial charge in [0.2, 0.25) is 0 Å². The lowest BCUT2D eigenvalue weighted by atomic mass is 10.0. The number of hydrogen-bond acceptors (Lipinski definition) is 5.